The van der Waals surface area contributed by atoms with Gasteiger partial charge in [0.25, 0.3) is 5.91 Å². The fraction of sp³-hybridized carbons (Fsp3) is 0.750. The predicted molar refractivity (Wildman–Crippen MR) is 111 cm³/mol. The van der Waals surface area contributed by atoms with Crippen molar-refractivity contribution in [3.05, 3.63) is 11.9 Å². The number of carbonyl (C=O) groups excluding carboxylic acids is 2. The third-order valence-corrected chi connectivity index (χ3v) is 5.79. The van der Waals surface area contributed by atoms with E-state index in [2.05, 4.69) is 26.1 Å². The van der Waals surface area contributed by atoms with Gasteiger partial charge in [0, 0.05) is 39.4 Å². The van der Waals surface area contributed by atoms with Crippen molar-refractivity contribution in [2.45, 2.75) is 40.2 Å². The van der Waals surface area contributed by atoms with Gasteiger partial charge in [0.05, 0.1) is 6.67 Å². The molecule has 2 atom stereocenters. The van der Waals surface area contributed by atoms with Gasteiger partial charge in [-0.2, -0.15) is 0 Å². The Morgan fingerprint density at radius 2 is 1.80 bits per heavy atom. The molecule has 0 aromatic heterocycles. The number of piperazine rings is 1. The molecule has 3 heterocycles. The van der Waals surface area contributed by atoms with Crippen LogP contribution in [0.1, 0.15) is 34.1 Å². The normalized spacial score (nSPS) is 22.2. The summed E-state index contributed by atoms with van der Waals surface area (Å²) < 4.78 is 0. The predicted octanol–water partition coefficient (Wildman–Crippen LogP) is 0.600. The van der Waals surface area contributed by atoms with E-state index in [1.54, 1.807) is 9.91 Å². The molecular formula is C20H34N6O4. The largest absolute Gasteiger partial charge is 0.465 e. The lowest BCUT2D eigenvalue weighted by Gasteiger charge is -2.41. The zero-order chi connectivity index (χ0) is 22.2. The van der Waals surface area contributed by atoms with Crippen LogP contribution in [0.3, 0.4) is 0 Å². The Kier molecular flexibility index (Phi) is 6.16. The minimum Gasteiger partial charge on any atom is -0.465 e. The number of carboxylic acid groups (broad SMARTS) is 1. The number of hydrogen-bond donors (Lipinski definition) is 2. The Morgan fingerprint density at radius 1 is 1.17 bits per heavy atom. The SMILES string of the molecule is CC(CC(C)(C)C)[C@@H](NC(=O)O)C(=O)N1CCN(N2CN3CN(C)C=C3C2=O)CC1. The first-order valence-corrected chi connectivity index (χ1v) is 10.5. The maximum Gasteiger partial charge on any atom is 0.405 e. The Bertz CT molecular complexity index is 725. The summed E-state index contributed by atoms with van der Waals surface area (Å²) in [4.78, 5) is 42.8. The van der Waals surface area contributed by atoms with E-state index in [1.807, 2.05) is 35.0 Å². The minimum absolute atomic E-state index is 0.0108. The van der Waals surface area contributed by atoms with Crippen LogP contribution < -0.4 is 5.32 Å². The van der Waals surface area contributed by atoms with Crippen LogP contribution in [-0.4, -0.2) is 100 Å². The van der Waals surface area contributed by atoms with E-state index in [-0.39, 0.29) is 23.1 Å². The van der Waals surface area contributed by atoms with Crippen LogP contribution in [0.4, 0.5) is 4.79 Å². The Hall–Kier alpha value is -2.49. The van der Waals surface area contributed by atoms with E-state index in [0.29, 0.717) is 45.2 Å². The summed E-state index contributed by atoms with van der Waals surface area (Å²) in [6, 6.07) is -0.771. The Morgan fingerprint density at radius 3 is 2.33 bits per heavy atom. The van der Waals surface area contributed by atoms with Gasteiger partial charge in [0.1, 0.15) is 18.4 Å². The van der Waals surface area contributed by atoms with Gasteiger partial charge in [-0.3, -0.25) is 9.59 Å². The summed E-state index contributed by atoms with van der Waals surface area (Å²) in [5.74, 6) is -0.322. The number of hydrazine groups is 1. The van der Waals surface area contributed by atoms with Crippen LogP contribution in [-0.2, 0) is 9.59 Å². The molecule has 2 N–H and O–H groups in total. The lowest BCUT2D eigenvalue weighted by molar-refractivity contribution is -0.149. The highest BCUT2D eigenvalue weighted by atomic mass is 16.4. The van der Waals surface area contributed by atoms with Gasteiger partial charge in [-0.1, -0.05) is 27.7 Å². The molecule has 3 amide bonds. The first kappa shape index (κ1) is 22.2. The fourth-order valence-electron chi connectivity index (χ4n) is 4.58. The smallest absolute Gasteiger partial charge is 0.405 e. The van der Waals surface area contributed by atoms with Crippen molar-refractivity contribution in [2.75, 3.05) is 46.6 Å². The molecule has 168 valence electrons. The molecule has 0 spiro atoms. The lowest BCUT2D eigenvalue weighted by atomic mass is 9.82. The quantitative estimate of drug-likeness (QED) is 0.669. The summed E-state index contributed by atoms with van der Waals surface area (Å²) in [7, 11) is 1.94. The van der Waals surface area contributed by atoms with Crippen molar-refractivity contribution < 1.29 is 19.5 Å². The Labute approximate surface area is 178 Å². The molecule has 0 bridgehead atoms. The molecule has 2 saturated heterocycles. The van der Waals surface area contributed by atoms with Gasteiger partial charge in [-0.05, 0) is 17.8 Å². The van der Waals surface area contributed by atoms with Crippen molar-refractivity contribution in [3.63, 3.8) is 0 Å². The summed E-state index contributed by atoms with van der Waals surface area (Å²) >= 11 is 0. The fourth-order valence-corrected chi connectivity index (χ4v) is 4.58. The van der Waals surface area contributed by atoms with E-state index in [0.717, 1.165) is 6.42 Å². The summed E-state index contributed by atoms with van der Waals surface area (Å²) in [6.45, 7) is 11.4. The Balaban J connectivity index is 1.60. The number of hydrogen-bond acceptors (Lipinski definition) is 6. The van der Waals surface area contributed by atoms with Crippen LogP contribution in [0.5, 0.6) is 0 Å². The molecule has 3 aliphatic heterocycles. The number of nitrogens with one attached hydrogen (secondary N) is 1. The van der Waals surface area contributed by atoms with Crippen molar-refractivity contribution in [3.8, 4) is 0 Å². The lowest BCUT2D eigenvalue weighted by Crippen LogP contribution is -2.59. The molecule has 0 saturated carbocycles. The van der Waals surface area contributed by atoms with E-state index in [1.165, 1.54) is 0 Å². The molecule has 30 heavy (non-hydrogen) atoms. The van der Waals surface area contributed by atoms with Crippen LogP contribution in [0, 0.1) is 11.3 Å². The molecule has 10 heteroatoms. The molecule has 2 fully saturated rings. The zero-order valence-electron chi connectivity index (χ0n) is 18.6. The van der Waals surface area contributed by atoms with Crippen LogP contribution in [0.25, 0.3) is 0 Å². The minimum atomic E-state index is -1.19. The second-order valence-corrected chi connectivity index (χ2v) is 9.75. The third-order valence-electron chi connectivity index (χ3n) is 5.79. The molecular weight excluding hydrogens is 388 g/mol. The summed E-state index contributed by atoms with van der Waals surface area (Å²) in [6.07, 6.45) is 1.40. The molecule has 0 aliphatic carbocycles. The maximum atomic E-state index is 13.1. The topological polar surface area (TPSA) is 99.7 Å². The molecule has 10 nitrogen and oxygen atoms in total. The van der Waals surface area contributed by atoms with Crippen LogP contribution in [0.2, 0.25) is 0 Å². The van der Waals surface area contributed by atoms with Gasteiger partial charge in [-0.25, -0.2) is 14.8 Å². The summed E-state index contributed by atoms with van der Waals surface area (Å²) in [5, 5.41) is 15.4. The first-order chi connectivity index (χ1) is 14.0. The zero-order valence-corrected chi connectivity index (χ0v) is 18.6. The molecule has 3 rings (SSSR count). The molecule has 0 aromatic rings. The number of fused-ring (bicyclic) bond motifs is 1. The van der Waals surface area contributed by atoms with E-state index >= 15 is 0 Å². The molecule has 1 unspecified atom stereocenters. The highest BCUT2D eigenvalue weighted by Crippen LogP contribution is 2.28. The van der Waals surface area contributed by atoms with Gasteiger partial charge < -0.3 is 25.1 Å². The van der Waals surface area contributed by atoms with Crippen molar-refractivity contribution in [1.29, 1.82) is 0 Å². The highest BCUT2D eigenvalue weighted by molar-refractivity contribution is 5.94. The van der Waals surface area contributed by atoms with Crippen molar-refractivity contribution in [1.82, 2.24) is 30.0 Å². The average Bonchev–Trinajstić information content (AvgIpc) is 3.15. The first-order valence-electron chi connectivity index (χ1n) is 10.5. The third kappa shape index (κ3) is 4.80. The maximum absolute atomic E-state index is 13.1. The van der Waals surface area contributed by atoms with Crippen molar-refractivity contribution in [2.24, 2.45) is 11.3 Å². The molecule has 0 aromatic carbocycles. The second-order valence-electron chi connectivity index (χ2n) is 9.75. The second kappa shape index (κ2) is 8.33. The highest BCUT2D eigenvalue weighted by Gasteiger charge is 2.41. The monoisotopic (exact) mass is 422 g/mol. The standard InChI is InChI=1S/C20H34N6O4/c1-14(10-20(2,3)4)16(21-19(29)30)18(28)23-6-8-25(9-7-23)26-13-24-12-22(5)11-15(24)17(26)27/h11,14,16,21H,6-10,12-13H2,1-5H3,(H,29,30)/t14?,16-/m1/s1. The van der Waals surface area contributed by atoms with Gasteiger partial charge in [0.2, 0.25) is 5.91 Å². The van der Waals surface area contributed by atoms with E-state index in [4.69, 9.17) is 0 Å². The number of amides is 3. The van der Waals surface area contributed by atoms with E-state index in [9.17, 15) is 19.5 Å². The van der Waals surface area contributed by atoms with Crippen molar-refractivity contribution >= 4 is 17.9 Å². The average molecular weight is 423 g/mol. The van der Waals surface area contributed by atoms with Crippen LogP contribution in [0.15, 0.2) is 11.9 Å². The molecule has 3 aliphatic rings. The summed E-state index contributed by atoms with van der Waals surface area (Å²) in [5.41, 5.74) is 0.695. The number of carbonyl (C=O) groups is 3. The van der Waals surface area contributed by atoms with Gasteiger partial charge >= 0.3 is 6.09 Å². The number of rotatable bonds is 5. The number of nitrogens with zero attached hydrogens (tertiary/aromatic N) is 5. The van der Waals surface area contributed by atoms with E-state index < -0.39 is 12.1 Å². The molecule has 0 radical (unpaired) electrons. The van der Waals surface area contributed by atoms with Crippen LogP contribution >= 0.6 is 0 Å². The van der Waals surface area contributed by atoms with Gasteiger partial charge in [-0.15, -0.1) is 0 Å². The van der Waals surface area contributed by atoms with Gasteiger partial charge in [0.15, 0.2) is 0 Å².